The van der Waals surface area contributed by atoms with E-state index in [1.54, 1.807) is 19.2 Å². The van der Waals surface area contributed by atoms with Gasteiger partial charge >= 0.3 is 0 Å². The van der Waals surface area contributed by atoms with E-state index in [2.05, 4.69) is 0 Å². The number of aromatic nitrogens is 1. The van der Waals surface area contributed by atoms with Gasteiger partial charge in [-0.05, 0) is 72.9 Å². The Morgan fingerprint density at radius 3 is 2.70 bits per heavy atom. The van der Waals surface area contributed by atoms with Crippen molar-refractivity contribution in [1.29, 1.82) is 0 Å². The number of rotatable bonds is 5. The van der Waals surface area contributed by atoms with Crippen molar-refractivity contribution >= 4 is 5.91 Å². The maximum atomic E-state index is 13.3. The zero-order valence-electron chi connectivity index (χ0n) is 17.3. The number of halogens is 1. The van der Waals surface area contributed by atoms with Gasteiger partial charge in [-0.15, -0.1) is 0 Å². The number of hydrogen-bond acceptors (Lipinski definition) is 3. The van der Waals surface area contributed by atoms with Crippen LogP contribution >= 0.6 is 0 Å². The van der Waals surface area contributed by atoms with E-state index in [1.165, 1.54) is 12.1 Å². The summed E-state index contributed by atoms with van der Waals surface area (Å²) in [5, 5.41) is 0. The maximum Gasteiger partial charge on any atom is 0.227 e. The van der Waals surface area contributed by atoms with Crippen molar-refractivity contribution in [2.45, 2.75) is 32.2 Å². The quantitative estimate of drug-likeness (QED) is 0.593. The van der Waals surface area contributed by atoms with Crippen molar-refractivity contribution in [3.63, 3.8) is 0 Å². The molecule has 4 nitrogen and oxygen atoms in total. The van der Waals surface area contributed by atoms with Crippen LogP contribution in [-0.4, -0.2) is 29.4 Å². The highest BCUT2D eigenvalue weighted by Crippen LogP contribution is 2.34. The lowest BCUT2D eigenvalue weighted by Gasteiger charge is -2.25. The monoisotopic (exact) mass is 404 g/mol. The Labute approximate surface area is 176 Å². The van der Waals surface area contributed by atoms with Gasteiger partial charge in [0.15, 0.2) is 0 Å². The van der Waals surface area contributed by atoms with Gasteiger partial charge in [0, 0.05) is 12.2 Å². The number of pyridine rings is 1. The van der Waals surface area contributed by atoms with Crippen LogP contribution in [0.4, 0.5) is 4.39 Å². The first kappa shape index (κ1) is 20.1. The molecule has 2 heterocycles. The molecule has 1 saturated heterocycles. The summed E-state index contributed by atoms with van der Waals surface area (Å²) in [4.78, 5) is 19.8. The van der Waals surface area contributed by atoms with Gasteiger partial charge in [-0.2, -0.15) is 0 Å². The fraction of sp³-hybridized carbons (Fsp3) is 0.280. The topological polar surface area (TPSA) is 42.4 Å². The summed E-state index contributed by atoms with van der Waals surface area (Å²) >= 11 is 0. The summed E-state index contributed by atoms with van der Waals surface area (Å²) in [7, 11) is 1.62. The third-order valence-electron chi connectivity index (χ3n) is 5.55. The zero-order chi connectivity index (χ0) is 21.1. The number of benzene rings is 2. The normalized spacial score (nSPS) is 16.0. The Morgan fingerprint density at radius 2 is 1.93 bits per heavy atom. The molecule has 0 spiro atoms. The van der Waals surface area contributed by atoms with Crippen molar-refractivity contribution in [2.75, 3.05) is 13.7 Å². The Hall–Kier alpha value is -3.21. The maximum absolute atomic E-state index is 13.3. The Morgan fingerprint density at radius 1 is 1.13 bits per heavy atom. The van der Waals surface area contributed by atoms with E-state index in [9.17, 15) is 9.18 Å². The summed E-state index contributed by atoms with van der Waals surface area (Å²) in [6.07, 6.45) is 2.18. The molecule has 30 heavy (non-hydrogen) atoms. The molecule has 4 rings (SSSR count). The van der Waals surface area contributed by atoms with Gasteiger partial charge in [0.05, 0.1) is 25.3 Å². The fourth-order valence-corrected chi connectivity index (χ4v) is 4.11. The lowest BCUT2D eigenvalue weighted by molar-refractivity contribution is -0.131. The first-order valence-corrected chi connectivity index (χ1v) is 10.2. The fourth-order valence-electron chi connectivity index (χ4n) is 4.11. The van der Waals surface area contributed by atoms with Gasteiger partial charge in [-0.25, -0.2) is 4.39 Å². The molecule has 0 unspecified atom stereocenters. The summed E-state index contributed by atoms with van der Waals surface area (Å²) in [6.45, 7) is 2.68. The van der Waals surface area contributed by atoms with E-state index in [0.717, 1.165) is 53.2 Å². The molecule has 3 aromatic rings. The number of nitrogens with zero attached hydrogens (tertiary/aromatic N) is 2. The second-order valence-electron chi connectivity index (χ2n) is 7.70. The van der Waals surface area contributed by atoms with Crippen molar-refractivity contribution in [1.82, 2.24) is 9.88 Å². The average Bonchev–Trinajstić information content (AvgIpc) is 3.24. The highest BCUT2D eigenvalue weighted by Gasteiger charge is 2.31. The number of aryl methyl sites for hydroxylation is 1. The van der Waals surface area contributed by atoms with Crippen LogP contribution < -0.4 is 4.74 Å². The lowest BCUT2D eigenvalue weighted by Crippen LogP contribution is -2.32. The molecule has 1 aromatic heterocycles. The number of carbonyl (C=O) groups is 1. The van der Waals surface area contributed by atoms with Crippen molar-refractivity contribution < 1.29 is 13.9 Å². The predicted octanol–water partition coefficient (Wildman–Crippen LogP) is 5.11. The average molecular weight is 404 g/mol. The number of hydrogen-bond donors (Lipinski definition) is 0. The first-order valence-electron chi connectivity index (χ1n) is 10.2. The number of carbonyl (C=O) groups excluding carboxylic acids is 1. The lowest BCUT2D eigenvalue weighted by atomic mass is 10.0. The molecule has 1 amide bonds. The van der Waals surface area contributed by atoms with E-state index < -0.39 is 0 Å². The first-order chi connectivity index (χ1) is 14.5. The van der Waals surface area contributed by atoms with Crippen LogP contribution in [0, 0.1) is 12.7 Å². The molecule has 1 aliphatic rings. The summed E-state index contributed by atoms with van der Waals surface area (Å²) in [6, 6.07) is 18.1. The zero-order valence-corrected chi connectivity index (χ0v) is 17.3. The molecule has 0 bridgehead atoms. The van der Waals surface area contributed by atoms with E-state index in [0.29, 0.717) is 6.42 Å². The van der Waals surface area contributed by atoms with Crippen LogP contribution in [0.15, 0.2) is 60.7 Å². The number of methoxy groups -OCH3 is 1. The van der Waals surface area contributed by atoms with Crippen LogP contribution in [0.1, 0.15) is 35.8 Å². The third-order valence-corrected chi connectivity index (χ3v) is 5.55. The molecule has 5 heteroatoms. The standard InChI is InChI=1S/C25H25FN2O2/c1-17-13-20(19-8-10-21(26)11-9-19)16-23(27-17)24-7-4-12-28(24)25(29)15-18-5-3-6-22(14-18)30-2/h3,5-6,8-11,13-14,16,24H,4,7,12,15H2,1-2H3/t24-/m1/s1. The van der Waals surface area contributed by atoms with E-state index in [1.807, 2.05) is 48.2 Å². The summed E-state index contributed by atoms with van der Waals surface area (Å²) in [5.74, 6) is 0.592. The minimum absolute atomic E-state index is 0.0396. The minimum atomic E-state index is -0.255. The predicted molar refractivity (Wildman–Crippen MR) is 115 cm³/mol. The van der Waals surface area contributed by atoms with Crippen LogP contribution in [0.5, 0.6) is 5.75 Å². The third kappa shape index (κ3) is 4.35. The Kier molecular flexibility index (Phi) is 5.79. The summed E-state index contributed by atoms with van der Waals surface area (Å²) < 4.78 is 18.6. The van der Waals surface area contributed by atoms with Crippen LogP contribution in [-0.2, 0) is 11.2 Å². The largest absolute Gasteiger partial charge is 0.497 e. The van der Waals surface area contributed by atoms with E-state index in [-0.39, 0.29) is 17.8 Å². The second-order valence-corrected chi connectivity index (χ2v) is 7.70. The molecule has 0 radical (unpaired) electrons. The molecular weight excluding hydrogens is 379 g/mol. The Bertz CT molecular complexity index is 1050. The van der Waals surface area contributed by atoms with Gasteiger partial charge in [-0.3, -0.25) is 9.78 Å². The van der Waals surface area contributed by atoms with Crippen molar-refractivity contribution in [3.8, 4) is 16.9 Å². The minimum Gasteiger partial charge on any atom is -0.497 e. The van der Waals surface area contributed by atoms with Gasteiger partial charge < -0.3 is 9.64 Å². The molecular formula is C25H25FN2O2. The molecule has 2 aromatic carbocycles. The molecule has 1 atom stereocenters. The number of likely N-dealkylation sites (tertiary alicyclic amines) is 1. The van der Waals surface area contributed by atoms with Crippen LogP contribution in [0.3, 0.4) is 0 Å². The molecule has 0 aliphatic carbocycles. The van der Waals surface area contributed by atoms with Crippen molar-refractivity contribution in [2.24, 2.45) is 0 Å². The number of ether oxygens (including phenoxy) is 1. The highest BCUT2D eigenvalue weighted by molar-refractivity contribution is 5.79. The van der Waals surface area contributed by atoms with Gasteiger partial charge in [0.25, 0.3) is 0 Å². The highest BCUT2D eigenvalue weighted by atomic mass is 19.1. The van der Waals surface area contributed by atoms with Crippen LogP contribution in [0.2, 0.25) is 0 Å². The summed E-state index contributed by atoms with van der Waals surface area (Å²) in [5.41, 5.74) is 4.65. The molecule has 0 N–H and O–H groups in total. The smallest absolute Gasteiger partial charge is 0.227 e. The van der Waals surface area contributed by atoms with E-state index >= 15 is 0 Å². The van der Waals surface area contributed by atoms with Gasteiger partial charge in [0.2, 0.25) is 5.91 Å². The molecule has 1 fully saturated rings. The van der Waals surface area contributed by atoms with E-state index in [4.69, 9.17) is 9.72 Å². The molecule has 154 valence electrons. The second kappa shape index (κ2) is 8.66. The Balaban J connectivity index is 1.58. The SMILES string of the molecule is COc1cccc(CC(=O)N2CCC[C@@H]2c2cc(-c3ccc(F)cc3)cc(C)n2)c1. The molecule has 0 saturated carbocycles. The molecule has 1 aliphatic heterocycles. The van der Waals surface area contributed by atoms with Gasteiger partial charge in [0.1, 0.15) is 11.6 Å². The number of amides is 1. The van der Waals surface area contributed by atoms with Crippen LogP contribution in [0.25, 0.3) is 11.1 Å². The van der Waals surface area contributed by atoms with Gasteiger partial charge in [-0.1, -0.05) is 24.3 Å². The van der Waals surface area contributed by atoms with Crippen molar-refractivity contribution in [3.05, 3.63) is 83.4 Å².